The van der Waals surface area contributed by atoms with E-state index in [-0.39, 0.29) is 39.2 Å². The Morgan fingerprint density at radius 2 is 0.909 bits per heavy atom. The fraction of sp³-hybridized carbons (Fsp3) is 0.182. The van der Waals surface area contributed by atoms with Crippen LogP contribution in [0.15, 0.2) is 48.5 Å². The van der Waals surface area contributed by atoms with Crippen LogP contribution in [0, 0.1) is 13.8 Å². The third-order valence-corrected chi connectivity index (χ3v) is 4.53. The van der Waals surface area contributed by atoms with E-state index in [0.29, 0.717) is 11.4 Å². The quantitative estimate of drug-likeness (QED) is 0.266. The van der Waals surface area contributed by atoms with Crippen LogP contribution in [0.1, 0.15) is 22.5 Å². The maximum Gasteiger partial charge on any atom is 2.00 e. The van der Waals surface area contributed by atoms with Gasteiger partial charge in [0.2, 0.25) is 0 Å². The van der Waals surface area contributed by atoms with Gasteiger partial charge in [-0.25, -0.2) is 0 Å². The van der Waals surface area contributed by atoms with Gasteiger partial charge < -0.3 is 10.2 Å². The number of rotatable bonds is 0. The summed E-state index contributed by atoms with van der Waals surface area (Å²) in [6, 6.07) is 8.86. The SMILES string of the molecule is Cc1ccc2c(C(F)(F)F)ccc([O-])c2n1.Cc1ccc2c(C(F)(F)F)ccc([O-])c2n1.[Al+2]. The van der Waals surface area contributed by atoms with Gasteiger partial charge in [-0.2, -0.15) is 26.3 Å². The molecular formula is C22H14AlF6N2O2. The second-order valence-electron chi connectivity index (χ2n) is 6.92. The van der Waals surface area contributed by atoms with Crippen molar-refractivity contribution in [3.63, 3.8) is 0 Å². The molecule has 33 heavy (non-hydrogen) atoms. The van der Waals surface area contributed by atoms with E-state index in [0.717, 1.165) is 24.3 Å². The molecule has 11 heteroatoms. The van der Waals surface area contributed by atoms with Crippen LogP contribution in [0.3, 0.4) is 0 Å². The maximum atomic E-state index is 12.6. The number of aryl methyl sites for hydroxylation is 2. The van der Waals surface area contributed by atoms with Crippen LogP contribution in [0.25, 0.3) is 21.8 Å². The summed E-state index contributed by atoms with van der Waals surface area (Å²) >= 11 is 0. The van der Waals surface area contributed by atoms with Gasteiger partial charge in [0, 0.05) is 22.2 Å². The third kappa shape index (κ3) is 5.67. The average molecular weight is 479 g/mol. The third-order valence-electron chi connectivity index (χ3n) is 4.53. The Hall–Kier alpha value is -3.03. The van der Waals surface area contributed by atoms with Crippen LogP contribution in [0.2, 0.25) is 0 Å². The number of nitrogens with zero attached hydrogens (tertiary/aromatic N) is 2. The molecule has 4 rings (SSSR count). The van der Waals surface area contributed by atoms with E-state index >= 15 is 0 Å². The van der Waals surface area contributed by atoms with Crippen LogP contribution in [0.5, 0.6) is 11.5 Å². The smallest absolute Gasteiger partial charge is 0.871 e. The Morgan fingerprint density at radius 1 is 0.576 bits per heavy atom. The molecular weight excluding hydrogens is 465 g/mol. The van der Waals surface area contributed by atoms with E-state index < -0.39 is 35.0 Å². The molecule has 4 aromatic rings. The van der Waals surface area contributed by atoms with Crippen molar-refractivity contribution in [3.05, 3.63) is 71.0 Å². The van der Waals surface area contributed by atoms with Crippen molar-refractivity contribution in [3.8, 4) is 11.5 Å². The number of aromatic nitrogens is 2. The van der Waals surface area contributed by atoms with Gasteiger partial charge in [-0.3, -0.25) is 9.97 Å². The molecule has 2 aromatic heterocycles. The van der Waals surface area contributed by atoms with Crippen molar-refractivity contribution in [1.82, 2.24) is 9.97 Å². The second kappa shape index (κ2) is 9.45. The van der Waals surface area contributed by atoms with E-state index in [2.05, 4.69) is 9.97 Å². The molecule has 0 aliphatic rings. The van der Waals surface area contributed by atoms with E-state index in [1.807, 2.05) is 0 Å². The first-order chi connectivity index (χ1) is 14.8. The summed E-state index contributed by atoms with van der Waals surface area (Å²) in [5.41, 5.74) is -0.873. The molecule has 0 fully saturated rings. The molecule has 0 N–H and O–H groups in total. The first-order valence-electron chi connectivity index (χ1n) is 9.08. The minimum Gasteiger partial charge on any atom is -0.871 e. The Labute approximate surface area is 194 Å². The van der Waals surface area contributed by atoms with Gasteiger partial charge in [0.25, 0.3) is 0 Å². The predicted molar refractivity (Wildman–Crippen MR) is 108 cm³/mol. The van der Waals surface area contributed by atoms with Gasteiger partial charge >= 0.3 is 29.7 Å². The number of hydrogen-bond acceptors (Lipinski definition) is 4. The Kier molecular flexibility index (Phi) is 7.51. The molecule has 2 aromatic carbocycles. The first kappa shape index (κ1) is 26.2. The number of benzene rings is 2. The van der Waals surface area contributed by atoms with E-state index in [1.54, 1.807) is 13.8 Å². The van der Waals surface area contributed by atoms with Crippen LogP contribution >= 0.6 is 0 Å². The number of pyridine rings is 2. The molecule has 0 saturated heterocycles. The van der Waals surface area contributed by atoms with Gasteiger partial charge in [-0.1, -0.05) is 35.8 Å². The molecule has 0 amide bonds. The topological polar surface area (TPSA) is 71.9 Å². The molecule has 0 spiro atoms. The second-order valence-corrected chi connectivity index (χ2v) is 6.92. The van der Waals surface area contributed by atoms with E-state index in [1.165, 1.54) is 24.3 Å². The normalized spacial score (nSPS) is 11.6. The number of hydrogen-bond donors (Lipinski definition) is 0. The molecule has 0 atom stereocenters. The summed E-state index contributed by atoms with van der Waals surface area (Å²) in [7, 11) is 0. The molecule has 4 nitrogen and oxygen atoms in total. The van der Waals surface area contributed by atoms with Gasteiger partial charge in [0.1, 0.15) is 0 Å². The molecule has 0 unspecified atom stereocenters. The molecule has 2 heterocycles. The van der Waals surface area contributed by atoms with Crippen LogP contribution < -0.4 is 10.2 Å². The largest absolute Gasteiger partial charge is 2.00 e. The zero-order chi connectivity index (χ0) is 23.8. The van der Waals surface area contributed by atoms with Crippen LogP contribution in [0.4, 0.5) is 26.3 Å². The Bertz CT molecular complexity index is 1210. The molecule has 0 saturated carbocycles. The van der Waals surface area contributed by atoms with Crippen molar-refractivity contribution in [2.24, 2.45) is 0 Å². The van der Waals surface area contributed by atoms with Gasteiger partial charge in [0.05, 0.1) is 22.2 Å². The summed E-state index contributed by atoms with van der Waals surface area (Å²) in [4.78, 5) is 7.67. The maximum absolute atomic E-state index is 12.6. The molecule has 1 radical (unpaired) electrons. The number of fused-ring (bicyclic) bond motifs is 2. The summed E-state index contributed by atoms with van der Waals surface area (Å²) in [5.74, 6) is -0.988. The summed E-state index contributed by atoms with van der Waals surface area (Å²) in [6.07, 6.45) is -8.94. The average Bonchev–Trinajstić information content (AvgIpc) is 2.68. The summed E-state index contributed by atoms with van der Waals surface area (Å²) < 4.78 is 75.7. The first-order valence-corrected chi connectivity index (χ1v) is 9.08. The van der Waals surface area contributed by atoms with Gasteiger partial charge in [-0.15, -0.1) is 0 Å². The molecule has 169 valence electrons. The van der Waals surface area contributed by atoms with Crippen molar-refractivity contribution in [2.45, 2.75) is 26.2 Å². The summed E-state index contributed by atoms with van der Waals surface area (Å²) in [6.45, 7) is 3.25. The fourth-order valence-electron chi connectivity index (χ4n) is 3.07. The van der Waals surface area contributed by atoms with Gasteiger partial charge in [-0.05, 0) is 38.1 Å². The minimum absolute atomic E-state index is 0. The fourth-order valence-corrected chi connectivity index (χ4v) is 3.07. The molecule has 0 aliphatic carbocycles. The molecule has 0 bridgehead atoms. The zero-order valence-electron chi connectivity index (χ0n) is 17.2. The monoisotopic (exact) mass is 479 g/mol. The molecule has 0 aliphatic heterocycles. The van der Waals surface area contributed by atoms with Crippen LogP contribution in [-0.2, 0) is 12.4 Å². The van der Waals surface area contributed by atoms with Crippen molar-refractivity contribution < 1.29 is 36.6 Å². The van der Waals surface area contributed by atoms with E-state index in [9.17, 15) is 36.6 Å². The Balaban J connectivity index is 0.000000227. The summed E-state index contributed by atoms with van der Waals surface area (Å²) in [5, 5.41) is 22.5. The number of alkyl halides is 6. The van der Waals surface area contributed by atoms with Crippen molar-refractivity contribution in [1.29, 1.82) is 0 Å². The van der Waals surface area contributed by atoms with E-state index in [4.69, 9.17) is 0 Å². The van der Waals surface area contributed by atoms with Crippen molar-refractivity contribution in [2.75, 3.05) is 0 Å². The van der Waals surface area contributed by atoms with Gasteiger partial charge in [0.15, 0.2) is 0 Å². The zero-order valence-corrected chi connectivity index (χ0v) is 18.3. The number of halogens is 6. The Morgan fingerprint density at radius 3 is 1.21 bits per heavy atom. The van der Waals surface area contributed by atoms with Crippen LogP contribution in [-0.4, -0.2) is 27.3 Å². The standard InChI is InChI=1S/2C11H8F3NO.Al/c2*1-6-2-3-7-8(11(12,13)14)4-5-9(16)10(7)15-6;/h2*2-5,16H,1H3;/q;;+2/p-2. The minimum atomic E-state index is -4.47. The predicted octanol–water partition coefficient (Wildman–Crippen LogP) is 4.89. The van der Waals surface area contributed by atoms with Crippen molar-refractivity contribution >= 4 is 39.2 Å².